The van der Waals surface area contributed by atoms with Crippen LogP contribution in [0.15, 0.2) is 54.6 Å². The van der Waals surface area contributed by atoms with Gasteiger partial charge in [-0.3, -0.25) is 4.79 Å². The fourth-order valence-corrected chi connectivity index (χ4v) is 2.35. The summed E-state index contributed by atoms with van der Waals surface area (Å²) >= 11 is 0. The first-order valence-corrected chi connectivity index (χ1v) is 7.37. The van der Waals surface area contributed by atoms with Crippen molar-refractivity contribution in [3.05, 3.63) is 71.5 Å². The average molecular weight is 331 g/mol. The highest BCUT2D eigenvalue weighted by Gasteiger charge is 2.27. The summed E-state index contributed by atoms with van der Waals surface area (Å²) in [6.07, 6.45) is -1.09. The van der Waals surface area contributed by atoms with Crippen LogP contribution in [0.3, 0.4) is 0 Å². The van der Waals surface area contributed by atoms with E-state index in [1.807, 2.05) is 0 Å². The van der Waals surface area contributed by atoms with Crippen molar-refractivity contribution < 1.29 is 23.8 Å². The van der Waals surface area contributed by atoms with Gasteiger partial charge in [0.25, 0.3) is 5.91 Å². The molecule has 2 rings (SSSR count). The van der Waals surface area contributed by atoms with Crippen molar-refractivity contribution in [1.29, 1.82) is 0 Å². The number of carbonyl (C=O) groups excluding carboxylic acids is 1. The second kappa shape index (κ2) is 8.21. The smallest absolute Gasteiger partial charge is 0.326 e. The normalized spacial score (nSPS) is 13.1. The summed E-state index contributed by atoms with van der Waals surface area (Å²) < 4.78 is 18.9. The maximum Gasteiger partial charge on any atom is 0.326 e. The molecule has 2 atom stereocenters. The monoisotopic (exact) mass is 331 g/mol. The number of carbonyl (C=O) groups is 2. The van der Waals surface area contributed by atoms with E-state index in [-0.39, 0.29) is 12.0 Å². The van der Waals surface area contributed by atoms with Crippen LogP contribution >= 0.6 is 0 Å². The summed E-state index contributed by atoms with van der Waals surface area (Å²) in [5, 5.41) is 11.7. The third kappa shape index (κ3) is 4.39. The maximum absolute atomic E-state index is 13.7. The lowest BCUT2D eigenvalue weighted by atomic mass is 10.0. The van der Waals surface area contributed by atoms with Gasteiger partial charge in [-0.2, -0.15) is 0 Å². The van der Waals surface area contributed by atoms with Gasteiger partial charge in [0.2, 0.25) is 0 Å². The van der Waals surface area contributed by atoms with E-state index in [1.54, 1.807) is 36.4 Å². The molecule has 0 aliphatic rings. The number of carboxylic acids is 1. The van der Waals surface area contributed by atoms with E-state index in [2.05, 4.69) is 5.32 Å². The number of nitrogens with one attached hydrogen (secondary N) is 1. The van der Waals surface area contributed by atoms with E-state index in [1.165, 1.54) is 25.3 Å². The van der Waals surface area contributed by atoms with Gasteiger partial charge in [0.05, 0.1) is 0 Å². The molecule has 0 saturated heterocycles. The number of hydrogen-bond acceptors (Lipinski definition) is 3. The number of rotatable bonds is 7. The fraction of sp³-hybridized carbons (Fsp3) is 0.222. The summed E-state index contributed by atoms with van der Waals surface area (Å²) in [4.78, 5) is 23.8. The number of aliphatic carboxylic acids is 1. The quantitative estimate of drug-likeness (QED) is 0.816. The average Bonchev–Trinajstić information content (AvgIpc) is 2.57. The second-order valence-electron chi connectivity index (χ2n) is 5.22. The van der Waals surface area contributed by atoms with Crippen LogP contribution in [0.4, 0.5) is 4.39 Å². The Labute approximate surface area is 139 Å². The molecule has 2 N–H and O–H groups in total. The summed E-state index contributed by atoms with van der Waals surface area (Å²) in [5.74, 6) is -2.34. The van der Waals surface area contributed by atoms with Gasteiger partial charge in [0, 0.05) is 13.5 Å². The Bertz CT molecular complexity index is 705. The molecular weight excluding hydrogens is 313 g/mol. The van der Waals surface area contributed by atoms with Crippen molar-refractivity contribution in [2.75, 3.05) is 7.11 Å². The van der Waals surface area contributed by atoms with E-state index in [4.69, 9.17) is 4.74 Å². The molecule has 0 bridgehead atoms. The molecule has 0 aliphatic heterocycles. The molecule has 2 aromatic rings. The molecule has 126 valence electrons. The number of ether oxygens (including phenoxy) is 1. The third-order valence-corrected chi connectivity index (χ3v) is 3.57. The van der Waals surface area contributed by atoms with Gasteiger partial charge in [-0.05, 0) is 17.2 Å². The van der Waals surface area contributed by atoms with Crippen LogP contribution < -0.4 is 5.32 Å². The first kappa shape index (κ1) is 17.6. The number of hydrogen-bond donors (Lipinski definition) is 2. The van der Waals surface area contributed by atoms with Gasteiger partial charge in [0.1, 0.15) is 11.9 Å². The molecule has 24 heavy (non-hydrogen) atoms. The van der Waals surface area contributed by atoms with Gasteiger partial charge in [-0.25, -0.2) is 9.18 Å². The standard InChI is InChI=1S/C18H18FNO4/c1-24-16(12-7-3-2-4-8-12)17(21)20-15(18(22)23)11-13-9-5-6-10-14(13)19/h2-10,15-16H,11H2,1H3,(H,20,21)(H,22,23)/t15-,16-/m0/s1. The van der Waals surface area contributed by atoms with Gasteiger partial charge in [0.15, 0.2) is 6.10 Å². The Morgan fingerprint density at radius 3 is 2.33 bits per heavy atom. The molecule has 0 saturated carbocycles. The fourth-order valence-electron chi connectivity index (χ4n) is 2.35. The van der Waals surface area contributed by atoms with Gasteiger partial charge >= 0.3 is 5.97 Å². The van der Waals surface area contributed by atoms with Crippen LogP contribution in [-0.2, 0) is 20.7 Å². The molecule has 0 fully saturated rings. The third-order valence-electron chi connectivity index (χ3n) is 3.57. The minimum absolute atomic E-state index is 0.154. The molecule has 2 aromatic carbocycles. The Kier molecular flexibility index (Phi) is 6.03. The van der Waals surface area contributed by atoms with Crippen molar-refractivity contribution in [2.24, 2.45) is 0 Å². The maximum atomic E-state index is 13.7. The van der Waals surface area contributed by atoms with Crippen LogP contribution in [-0.4, -0.2) is 30.1 Å². The Balaban J connectivity index is 2.13. The molecule has 0 aliphatic carbocycles. The van der Waals surface area contributed by atoms with E-state index < -0.39 is 29.8 Å². The Morgan fingerprint density at radius 2 is 1.75 bits per heavy atom. The molecule has 0 heterocycles. The highest BCUT2D eigenvalue weighted by atomic mass is 19.1. The molecule has 1 amide bonds. The SMILES string of the molecule is CO[C@H](C(=O)N[C@@H](Cc1ccccc1F)C(=O)O)c1ccccc1. The summed E-state index contributed by atoms with van der Waals surface area (Å²) in [6.45, 7) is 0. The molecule has 6 heteroatoms. The molecule has 0 spiro atoms. The van der Waals surface area contributed by atoms with Crippen LogP contribution in [0.2, 0.25) is 0 Å². The lowest BCUT2D eigenvalue weighted by Gasteiger charge is -2.20. The molecule has 0 aromatic heterocycles. The van der Waals surface area contributed by atoms with E-state index in [0.717, 1.165) is 0 Å². The van der Waals surface area contributed by atoms with Crippen molar-refractivity contribution in [3.63, 3.8) is 0 Å². The number of carboxylic acid groups (broad SMARTS) is 1. The van der Waals surface area contributed by atoms with Crippen LogP contribution in [0.25, 0.3) is 0 Å². The van der Waals surface area contributed by atoms with Crippen molar-refractivity contribution >= 4 is 11.9 Å². The van der Waals surface area contributed by atoms with Crippen LogP contribution in [0.1, 0.15) is 17.2 Å². The van der Waals surface area contributed by atoms with Crippen molar-refractivity contribution in [1.82, 2.24) is 5.32 Å². The lowest BCUT2D eigenvalue weighted by Crippen LogP contribution is -2.44. The summed E-state index contributed by atoms with van der Waals surface area (Å²) in [6, 6.07) is 13.3. The lowest BCUT2D eigenvalue weighted by molar-refractivity contribution is -0.144. The van der Waals surface area contributed by atoms with Crippen molar-refractivity contribution in [3.8, 4) is 0 Å². The zero-order chi connectivity index (χ0) is 17.5. The largest absolute Gasteiger partial charge is 0.480 e. The van der Waals surface area contributed by atoms with E-state index >= 15 is 0 Å². The summed E-state index contributed by atoms with van der Waals surface area (Å²) in [7, 11) is 1.36. The van der Waals surface area contributed by atoms with Crippen LogP contribution in [0, 0.1) is 5.82 Å². The van der Waals surface area contributed by atoms with E-state index in [0.29, 0.717) is 5.56 Å². The molecule has 0 radical (unpaired) electrons. The highest BCUT2D eigenvalue weighted by Crippen LogP contribution is 2.17. The zero-order valence-electron chi connectivity index (χ0n) is 13.1. The van der Waals surface area contributed by atoms with Gasteiger partial charge < -0.3 is 15.2 Å². The van der Waals surface area contributed by atoms with Crippen LogP contribution in [0.5, 0.6) is 0 Å². The topological polar surface area (TPSA) is 75.6 Å². The second-order valence-corrected chi connectivity index (χ2v) is 5.22. The van der Waals surface area contributed by atoms with Crippen molar-refractivity contribution in [2.45, 2.75) is 18.6 Å². The highest BCUT2D eigenvalue weighted by molar-refractivity contribution is 5.87. The molecular formula is C18H18FNO4. The first-order chi connectivity index (χ1) is 11.5. The summed E-state index contributed by atoms with van der Waals surface area (Å²) in [5.41, 5.74) is 0.825. The van der Waals surface area contributed by atoms with Gasteiger partial charge in [-0.1, -0.05) is 48.5 Å². The number of benzene rings is 2. The number of methoxy groups -OCH3 is 1. The number of amides is 1. The van der Waals surface area contributed by atoms with E-state index in [9.17, 15) is 19.1 Å². The molecule has 5 nitrogen and oxygen atoms in total. The Hall–Kier alpha value is -2.73. The minimum atomic E-state index is -1.25. The Morgan fingerprint density at radius 1 is 1.12 bits per heavy atom. The van der Waals surface area contributed by atoms with Gasteiger partial charge in [-0.15, -0.1) is 0 Å². The minimum Gasteiger partial charge on any atom is -0.480 e. The first-order valence-electron chi connectivity index (χ1n) is 7.37. The molecule has 0 unspecified atom stereocenters. The zero-order valence-corrected chi connectivity index (χ0v) is 13.1. The predicted molar refractivity (Wildman–Crippen MR) is 85.9 cm³/mol. The predicted octanol–water partition coefficient (Wildman–Crippen LogP) is 2.33. The number of halogens is 1.